The molecule has 0 bridgehead atoms. The molecular weight excluding hydrogens is 230 g/mol. The van der Waals surface area contributed by atoms with Crippen molar-refractivity contribution in [3.8, 4) is 0 Å². The lowest BCUT2D eigenvalue weighted by Crippen LogP contribution is -2.20. The topological polar surface area (TPSA) is 12.0 Å². The number of nitrogens with one attached hydrogen (secondary N) is 1. The third kappa shape index (κ3) is 3.68. The van der Waals surface area contributed by atoms with E-state index >= 15 is 0 Å². The highest BCUT2D eigenvalue weighted by atomic mass is 14.9. The van der Waals surface area contributed by atoms with Gasteiger partial charge in [0.2, 0.25) is 0 Å². The van der Waals surface area contributed by atoms with Crippen molar-refractivity contribution in [3.05, 3.63) is 70.8 Å². The largest absolute Gasteiger partial charge is 0.306 e. The van der Waals surface area contributed by atoms with Crippen LogP contribution in [0.2, 0.25) is 0 Å². The minimum absolute atomic E-state index is 0.432. The Balaban J connectivity index is 2.06. The van der Waals surface area contributed by atoms with Gasteiger partial charge in [-0.1, -0.05) is 61.0 Å². The molecule has 0 saturated heterocycles. The first kappa shape index (κ1) is 13.8. The molecule has 1 atom stereocenters. The fourth-order valence-electron chi connectivity index (χ4n) is 2.41. The van der Waals surface area contributed by atoms with Crippen molar-refractivity contribution in [1.29, 1.82) is 0 Å². The van der Waals surface area contributed by atoms with Crippen LogP contribution < -0.4 is 5.32 Å². The van der Waals surface area contributed by atoms with Crippen molar-refractivity contribution in [2.24, 2.45) is 0 Å². The molecule has 0 heterocycles. The Labute approximate surface area is 116 Å². The highest BCUT2D eigenvalue weighted by Crippen LogP contribution is 2.18. The molecule has 1 nitrogen and oxygen atoms in total. The Morgan fingerprint density at radius 3 is 2.42 bits per heavy atom. The summed E-state index contributed by atoms with van der Waals surface area (Å²) in [7, 11) is 0. The summed E-state index contributed by atoms with van der Waals surface area (Å²) in [5.41, 5.74) is 5.46. The summed E-state index contributed by atoms with van der Waals surface area (Å²) in [4.78, 5) is 0. The molecule has 100 valence electrons. The van der Waals surface area contributed by atoms with E-state index in [-0.39, 0.29) is 0 Å². The Morgan fingerprint density at radius 2 is 1.74 bits per heavy atom. The van der Waals surface area contributed by atoms with E-state index < -0.39 is 0 Å². The molecule has 0 fully saturated rings. The quantitative estimate of drug-likeness (QED) is 0.824. The SMILES string of the molecule is CCC(NCc1cc(C)ccc1C)c1ccccc1. The van der Waals surface area contributed by atoms with Crippen molar-refractivity contribution in [2.75, 3.05) is 0 Å². The van der Waals surface area contributed by atoms with E-state index in [0.29, 0.717) is 6.04 Å². The van der Waals surface area contributed by atoms with Crippen molar-refractivity contribution in [2.45, 2.75) is 39.8 Å². The zero-order chi connectivity index (χ0) is 13.7. The summed E-state index contributed by atoms with van der Waals surface area (Å²) >= 11 is 0. The normalized spacial score (nSPS) is 12.4. The zero-order valence-corrected chi connectivity index (χ0v) is 12.1. The summed E-state index contributed by atoms with van der Waals surface area (Å²) in [6, 6.07) is 17.8. The van der Waals surface area contributed by atoms with Crippen LogP contribution in [0.15, 0.2) is 48.5 Å². The first-order chi connectivity index (χ1) is 9.20. The second-order valence-corrected chi connectivity index (χ2v) is 5.18. The lowest BCUT2D eigenvalue weighted by atomic mass is 10.0. The van der Waals surface area contributed by atoms with Gasteiger partial charge < -0.3 is 5.32 Å². The Hall–Kier alpha value is -1.60. The van der Waals surface area contributed by atoms with Crippen molar-refractivity contribution >= 4 is 0 Å². The molecule has 1 heteroatoms. The average molecular weight is 253 g/mol. The molecule has 2 aromatic carbocycles. The molecule has 0 amide bonds. The summed E-state index contributed by atoms with van der Waals surface area (Å²) in [6.45, 7) is 7.49. The molecule has 0 radical (unpaired) electrons. The van der Waals surface area contributed by atoms with Crippen LogP contribution in [0.4, 0.5) is 0 Å². The van der Waals surface area contributed by atoms with Crippen LogP contribution >= 0.6 is 0 Å². The summed E-state index contributed by atoms with van der Waals surface area (Å²) in [5.74, 6) is 0. The van der Waals surface area contributed by atoms with E-state index in [1.54, 1.807) is 0 Å². The lowest BCUT2D eigenvalue weighted by Gasteiger charge is -2.18. The molecule has 1 N–H and O–H groups in total. The van der Waals surface area contributed by atoms with Crippen molar-refractivity contribution in [3.63, 3.8) is 0 Å². The van der Waals surface area contributed by atoms with Gasteiger partial charge in [0.05, 0.1) is 0 Å². The molecule has 0 aromatic heterocycles. The van der Waals surface area contributed by atoms with Gasteiger partial charge in [-0.05, 0) is 37.0 Å². The van der Waals surface area contributed by atoms with Crippen molar-refractivity contribution < 1.29 is 0 Å². The van der Waals surface area contributed by atoms with Crippen LogP contribution in [-0.4, -0.2) is 0 Å². The van der Waals surface area contributed by atoms with Gasteiger partial charge in [-0.15, -0.1) is 0 Å². The van der Waals surface area contributed by atoms with E-state index in [9.17, 15) is 0 Å². The van der Waals surface area contributed by atoms with E-state index in [4.69, 9.17) is 0 Å². The van der Waals surface area contributed by atoms with E-state index in [0.717, 1.165) is 13.0 Å². The van der Waals surface area contributed by atoms with Crippen LogP contribution in [0, 0.1) is 13.8 Å². The molecule has 0 saturated carbocycles. The van der Waals surface area contributed by atoms with Crippen molar-refractivity contribution in [1.82, 2.24) is 5.32 Å². The van der Waals surface area contributed by atoms with Crippen LogP contribution in [0.3, 0.4) is 0 Å². The number of hydrogen-bond acceptors (Lipinski definition) is 1. The van der Waals surface area contributed by atoms with Gasteiger partial charge in [0, 0.05) is 12.6 Å². The minimum atomic E-state index is 0.432. The average Bonchev–Trinajstić information content (AvgIpc) is 2.44. The van der Waals surface area contributed by atoms with Crippen LogP contribution in [0.25, 0.3) is 0 Å². The highest BCUT2D eigenvalue weighted by molar-refractivity contribution is 5.30. The number of benzene rings is 2. The molecule has 2 rings (SSSR count). The number of aryl methyl sites for hydroxylation is 2. The Morgan fingerprint density at radius 1 is 1.00 bits per heavy atom. The maximum atomic E-state index is 3.67. The zero-order valence-electron chi connectivity index (χ0n) is 12.1. The number of hydrogen-bond donors (Lipinski definition) is 1. The van der Waals surface area contributed by atoms with Gasteiger partial charge in [0.1, 0.15) is 0 Å². The highest BCUT2D eigenvalue weighted by Gasteiger charge is 2.08. The molecule has 2 aromatic rings. The fraction of sp³-hybridized carbons (Fsp3) is 0.333. The number of rotatable bonds is 5. The van der Waals surface area contributed by atoms with Gasteiger partial charge in [0.15, 0.2) is 0 Å². The van der Waals surface area contributed by atoms with Crippen LogP contribution in [0.5, 0.6) is 0 Å². The summed E-state index contributed by atoms with van der Waals surface area (Å²) < 4.78 is 0. The van der Waals surface area contributed by atoms with E-state index in [2.05, 4.69) is 74.6 Å². The summed E-state index contributed by atoms with van der Waals surface area (Å²) in [5, 5.41) is 3.67. The molecule has 0 aliphatic heterocycles. The maximum Gasteiger partial charge on any atom is 0.0320 e. The molecule has 0 spiro atoms. The van der Waals surface area contributed by atoms with Gasteiger partial charge in [0.25, 0.3) is 0 Å². The van der Waals surface area contributed by atoms with Crippen LogP contribution in [0.1, 0.15) is 41.6 Å². The molecule has 19 heavy (non-hydrogen) atoms. The smallest absolute Gasteiger partial charge is 0.0320 e. The third-order valence-electron chi connectivity index (χ3n) is 3.65. The first-order valence-electron chi connectivity index (χ1n) is 7.05. The Bertz CT molecular complexity index is 516. The predicted molar refractivity (Wildman–Crippen MR) is 82.2 cm³/mol. The standard InChI is InChI=1S/C18H23N/c1-4-18(16-8-6-5-7-9-16)19-13-17-12-14(2)10-11-15(17)3/h5-12,18-19H,4,13H2,1-3H3. The molecular formula is C18H23N. The minimum Gasteiger partial charge on any atom is -0.306 e. The predicted octanol–water partition coefficient (Wildman–Crippen LogP) is 4.54. The second-order valence-electron chi connectivity index (χ2n) is 5.18. The Kier molecular flexibility index (Phi) is 4.75. The third-order valence-corrected chi connectivity index (χ3v) is 3.65. The van der Waals surface area contributed by atoms with Gasteiger partial charge in [-0.25, -0.2) is 0 Å². The lowest BCUT2D eigenvalue weighted by molar-refractivity contribution is 0.518. The van der Waals surface area contributed by atoms with Gasteiger partial charge >= 0.3 is 0 Å². The molecule has 0 aliphatic rings. The maximum absolute atomic E-state index is 3.67. The van der Waals surface area contributed by atoms with Gasteiger partial charge in [-0.2, -0.15) is 0 Å². The second kappa shape index (κ2) is 6.53. The first-order valence-corrected chi connectivity index (χ1v) is 7.05. The fourth-order valence-corrected chi connectivity index (χ4v) is 2.41. The molecule has 0 aliphatic carbocycles. The molecule has 1 unspecified atom stereocenters. The summed E-state index contributed by atoms with van der Waals surface area (Å²) in [6.07, 6.45) is 1.11. The van der Waals surface area contributed by atoms with Gasteiger partial charge in [-0.3, -0.25) is 0 Å². The van der Waals surface area contributed by atoms with E-state index in [1.165, 1.54) is 22.3 Å². The monoisotopic (exact) mass is 253 g/mol. The van der Waals surface area contributed by atoms with E-state index in [1.807, 2.05) is 0 Å². The van der Waals surface area contributed by atoms with Crippen LogP contribution in [-0.2, 0) is 6.54 Å².